The van der Waals surface area contributed by atoms with E-state index in [2.05, 4.69) is 4.57 Å². The van der Waals surface area contributed by atoms with Crippen molar-refractivity contribution in [3.05, 3.63) is 83.4 Å². The summed E-state index contributed by atoms with van der Waals surface area (Å²) in [7, 11) is 0. The van der Waals surface area contributed by atoms with E-state index in [4.69, 9.17) is 13.9 Å². The highest BCUT2D eigenvalue weighted by Crippen LogP contribution is 2.32. The average Bonchev–Trinajstić information content (AvgIpc) is 3.43. The largest absolute Gasteiger partial charge is 0.491 e. The number of carbonyl (C=O) groups excluding carboxylic acids is 1. The van der Waals surface area contributed by atoms with Crippen LogP contribution in [0.15, 0.2) is 65.3 Å². The number of benzene rings is 2. The Morgan fingerprint density at radius 3 is 2.65 bits per heavy atom. The van der Waals surface area contributed by atoms with Gasteiger partial charge in [0.05, 0.1) is 24.0 Å². The van der Waals surface area contributed by atoms with Crippen molar-refractivity contribution < 1.29 is 29.1 Å². The van der Waals surface area contributed by atoms with Gasteiger partial charge in [-0.3, -0.25) is 0 Å². The summed E-state index contributed by atoms with van der Waals surface area (Å²) in [6, 6.07) is 17.6. The summed E-state index contributed by atoms with van der Waals surface area (Å²) in [6.07, 6.45) is 0.992. The quantitative estimate of drug-likeness (QED) is 0.351. The molecule has 7 nitrogen and oxygen atoms in total. The maximum atomic E-state index is 12.8. The zero-order chi connectivity index (χ0) is 24.1. The third-order valence-electron chi connectivity index (χ3n) is 5.75. The van der Waals surface area contributed by atoms with Gasteiger partial charge in [-0.05, 0) is 63.2 Å². The molecule has 4 aromatic rings. The molecule has 0 saturated heterocycles. The Hall–Kier alpha value is -3.55. The van der Waals surface area contributed by atoms with Crippen LogP contribution in [0.1, 0.15) is 34.3 Å². The smallest absolute Gasteiger partial charge is 0.340 e. The Bertz CT molecular complexity index is 1240. The third kappa shape index (κ3) is 5.16. The molecule has 2 aromatic carbocycles. The van der Waals surface area contributed by atoms with Crippen LogP contribution in [0, 0.1) is 13.8 Å². The minimum absolute atomic E-state index is 0.145. The van der Waals surface area contributed by atoms with E-state index in [1.165, 1.54) is 5.56 Å². The van der Waals surface area contributed by atoms with Crippen molar-refractivity contribution >= 4 is 16.9 Å². The van der Waals surface area contributed by atoms with E-state index in [1.807, 2.05) is 73.8 Å². The minimum atomic E-state index is -0.644. The number of hydrogen-bond acceptors (Lipinski definition) is 5. The molecule has 1 atom stereocenters. The molecule has 0 aliphatic carbocycles. The van der Waals surface area contributed by atoms with E-state index in [1.54, 1.807) is 13.2 Å². The lowest BCUT2D eigenvalue weighted by Gasteiger charge is -2.12. The second-order valence-electron chi connectivity index (χ2n) is 8.30. The topological polar surface area (TPSA) is 90.4 Å². The average molecular weight is 464 g/mol. The summed E-state index contributed by atoms with van der Waals surface area (Å²) < 4.78 is 18.6. The summed E-state index contributed by atoms with van der Waals surface area (Å²) in [6.45, 7) is 7.35. The molecule has 0 amide bonds. The van der Waals surface area contributed by atoms with Crippen LogP contribution in [-0.4, -0.2) is 41.5 Å². The Morgan fingerprint density at radius 1 is 1.15 bits per heavy atom. The van der Waals surface area contributed by atoms with Crippen molar-refractivity contribution in [1.82, 2.24) is 4.57 Å². The van der Waals surface area contributed by atoms with Crippen LogP contribution < -0.4 is 10.1 Å². The molecule has 34 heavy (non-hydrogen) atoms. The number of aliphatic hydroxyl groups is 1. The highest BCUT2D eigenvalue weighted by Gasteiger charge is 2.22. The van der Waals surface area contributed by atoms with Gasteiger partial charge in [-0.1, -0.05) is 17.7 Å². The van der Waals surface area contributed by atoms with Gasteiger partial charge in [0.2, 0.25) is 0 Å². The van der Waals surface area contributed by atoms with Gasteiger partial charge in [0.25, 0.3) is 0 Å². The number of ether oxygens (including phenoxy) is 2. The van der Waals surface area contributed by atoms with Crippen LogP contribution in [-0.2, 0) is 11.3 Å². The lowest BCUT2D eigenvalue weighted by Crippen LogP contribution is -2.85. The molecule has 0 spiro atoms. The van der Waals surface area contributed by atoms with Crippen LogP contribution >= 0.6 is 0 Å². The molecule has 0 fully saturated rings. The van der Waals surface area contributed by atoms with Crippen molar-refractivity contribution in [3.8, 4) is 11.4 Å². The predicted octanol–water partition coefficient (Wildman–Crippen LogP) is 3.52. The predicted molar refractivity (Wildman–Crippen MR) is 129 cm³/mol. The molecule has 0 radical (unpaired) electrons. The number of furan rings is 1. The van der Waals surface area contributed by atoms with E-state index in [9.17, 15) is 9.90 Å². The molecular formula is C27H31N2O5+. The highest BCUT2D eigenvalue weighted by atomic mass is 16.5. The normalized spacial score (nSPS) is 12.1. The fourth-order valence-corrected chi connectivity index (χ4v) is 4.08. The van der Waals surface area contributed by atoms with Crippen molar-refractivity contribution in [2.24, 2.45) is 0 Å². The van der Waals surface area contributed by atoms with Crippen LogP contribution in [0.25, 0.3) is 16.6 Å². The summed E-state index contributed by atoms with van der Waals surface area (Å²) >= 11 is 0. The summed E-state index contributed by atoms with van der Waals surface area (Å²) in [4.78, 5) is 12.8. The van der Waals surface area contributed by atoms with E-state index in [0.717, 1.165) is 28.0 Å². The molecule has 178 valence electrons. The maximum absolute atomic E-state index is 12.8. The van der Waals surface area contributed by atoms with Crippen molar-refractivity contribution in [1.29, 1.82) is 0 Å². The fourth-order valence-electron chi connectivity index (χ4n) is 4.08. The monoisotopic (exact) mass is 463 g/mol. The minimum Gasteiger partial charge on any atom is -0.491 e. The number of rotatable bonds is 10. The third-order valence-corrected chi connectivity index (χ3v) is 5.75. The van der Waals surface area contributed by atoms with Gasteiger partial charge < -0.3 is 28.9 Å². The first kappa shape index (κ1) is 23.6. The van der Waals surface area contributed by atoms with Gasteiger partial charge in [0, 0.05) is 16.8 Å². The molecule has 0 aliphatic heterocycles. The number of esters is 1. The summed E-state index contributed by atoms with van der Waals surface area (Å²) in [5, 5.41) is 13.0. The number of quaternary nitrogens is 1. The van der Waals surface area contributed by atoms with Gasteiger partial charge in [0.1, 0.15) is 31.5 Å². The first-order valence-corrected chi connectivity index (χ1v) is 11.5. The number of aromatic nitrogens is 1. The lowest BCUT2D eigenvalue weighted by molar-refractivity contribution is -0.678. The summed E-state index contributed by atoms with van der Waals surface area (Å²) in [5.41, 5.74) is 4.36. The van der Waals surface area contributed by atoms with E-state index >= 15 is 0 Å². The number of nitrogens with zero attached hydrogens (tertiary/aromatic N) is 1. The Morgan fingerprint density at radius 2 is 1.94 bits per heavy atom. The van der Waals surface area contributed by atoms with Crippen LogP contribution in [0.4, 0.5) is 0 Å². The number of carbonyl (C=O) groups is 1. The molecule has 1 unspecified atom stereocenters. The Labute approximate surface area is 198 Å². The zero-order valence-corrected chi connectivity index (χ0v) is 19.8. The Kier molecular flexibility index (Phi) is 7.35. The molecule has 2 heterocycles. The van der Waals surface area contributed by atoms with E-state index < -0.39 is 6.10 Å². The Balaban J connectivity index is 1.55. The molecule has 7 heteroatoms. The van der Waals surface area contributed by atoms with Gasteiger partial charge >= 0.3 is 5.97 Å². The molecule has 3 N–H and O–H groups in total. The standard InChI is InChI=1S/C27H30N2O5/c1-4-32-27(31)26-19(3)29(20-9-7-18(2)8-10-20)25-12-11-22(14-24(25)26)34-17-21(30)15-28-16-23-6-5-13-33-23/h5-14,21,28,30H,4,15-17H2,1-3H3/p+1. The number of fused-ring (bicyclic) bond motifs is 1. The molecule has 0 saturated carbocycles. The number of hydrogen-bond donors (Lipinski definition) is 2. The fraction of sp³-hybridized carbons (Fsp3) is 0.296. The highest BCUT2D eigenvalue weighted by molar-refractivity contribution is 6.07. The summed E-state index contributed by atoms with van der Waals surface area (Å²) in [5.74, 6) is 1.09. The maximum Gasteiger partial charge on any atom is 0.340 e. The molecule has 4 rings (SSSR count). The molecule has 0 aliphatic rings. The van der Waals surface area contributed by atoms with Crippen molar-refractivity contribution in [2.75, 3.05) is 19.8 Å². The molecule has 0 bridgehead atoms. The first-order chi connectivity index (χ1) is 16.5. The van der Waals surface area contributed by atoms with Gasteiger partial charge in [-0.2, -0.15) is 0 Å². The molecular weight excluding hydrogens is 432 g/mol. The van der Waals surface area contributed by atoms with Gasteiger partial charge in [-0.25, -0.2) is 4.79 Å². The van der Waals surface area contributed by atoms with Gasteiger partial charge in [-0.15, -0.1) is 0 Å². The SMILES string of the molecule is CCOC(=O)c1c(C)n(-c2ccc(C)cc2)c2ccc(OCC(O)C[NH2+]Cc3ccco3)cc12. The number of aryl methyl sites for hydroxylation is 1. The van der Waals surface area contributed by atoms with Crippen LogP contribution in [0.2, 0.25) is 0 Å². The molecule has 2 aromatic heterocycles. The van der Waals surface area contributed by atoms with Gasteiger partial charge in [0.15, 0.2) is 5.76 Å². The zero-order valence-electron chi connectivity index (χ0n) is 19.8. The second kappa shape index (κ2) is 10.6. The van der Waals surface area contributed by atoms with Crippen molar-refractivity contribution in [3.63, 3.8) is 0 Å². The number of nitrogens with two attached hydrogens (primary N) is 1. The first-order valence-electron chi connectivity index (χ1n) is 11.5. The second-order valence-corrected chi connectivity index (χ2v) is 8.30. The van der Waals surface area contributed by atoms with Crippen LogP contribution in [0.5, 0.6) is 5.75 Å². The van der Waals surface area contributed by atoms with Crippen molar-refractivity contribution in [2.45, 2.75) is 33.4 Å². The lowest BCUT2D eigenvalue weighted by atomic mass is 10.1. The van der Waals surface area contributed by atoms with E-state index in [0.29, 0.717) is 31.0 Å². The number of aliphatic hydroxyl groups excluding tert-OH is 1. The van der Waals surface area contributed by atoms with Crippen LogP contribution in [0.3, 0.4) is 0 Å². The van der Waals surface area contributed by atoms with E-state index in [-0.39, 0.29) is 12.6 Å².